The summed E-state index contributed by atoms with van der Waals surface area (Å²) in [6.45, 7) is 5.89. The third kappa shape index (κ3) is 3.33. The Morgan fingerprint density at radius 3 is 2.95 bits per heavy atom. The molecule has 2 atom stereocenters. The number of benzene rings is 1. The molecule has 1 heterocycles. The van der Waals surface area contributed by atoms with Gasteiger partial charge in [-0.1, -0.05) is 30.7 Å². The molecular formula is C16H23ClN2O. The topological polar surface area (TPSA) is 41.1 Å². The third-order valence-electron chi connectivity index (χ3n) is 4.33. The molecule has 110 valence electrons. The fourth-order valence-electron chi connectivity index (χ4n) is 2.83. The second-order valence-corrected chi connectivity index (χ2v) is 6.10. The normalized spacial score (nSPS) is 24.1. The van der Waals surface area contributed by atoms with Gasteiger partial charge in [-0.2, -0.15) is 0 Å². The van der Waals surface area contributed by atoms with Crippen molar-refractivity contribution in [3.05, 3.63) is 34.9 Å². The van der Waals surface area contributed by atoms with E-state index in [9.17, 15) is 4.79 Å². The predicted octanol–water partition coefficient (Wildman–Crippen LogP) is 3.30. The first-order valence-electron chi connectivity index (χ1n) is 7.34. The SMILES string of the molecule is CCC1(C(=O)N[C@H](C)c2cccc(Cl)c2)CCCNC1. The van der Waals surface area contributed by atoms with Crippen LogP contribution in [0.1, 0.15) is 44.7 Å². The number of rotatable bonds is 4. The van der Waals surface area contributed by atoms with Gasteiger partial charge >= 0.3 is 0 Å². The summed E-state index contributed by atoms with van der Waals surface area (Å²) in [5.74, 6) is 0.152. The molecule has 0 saturated carbocycles. The van der Waals surface area contributed by atoms with Gasteiger partial charge in [-0.3, -0.25) is 4.79 Å². The Balaban J connectivity index is 2.06. The number of hydrogen-bond donors (Lipinski definition) is 2. The van der Waals surface area contributed by atoms with Crippen LogP contribution < -0.4 is 10.6 Å². The molecule has 1 aromatic rings. The van der Waals surface area contributed by atoms with Crippen molar-refractivity contribution in [2.75, 3.05) is 13.1 Å². The van der Waals surface area contributed by atoms with E-state index in [0.717, 1.165) is 37.9 Å². The molecule has 1 fully saturated rings. The lowest BCUT2D eigenvalue weighted by molar-refractivity contribution is -0.133. The predicted molar refractivity (Wildman–Crippen MR) is 82.8 cm³/mol. The molecule has 0 bridgehead atoms. The van der Waals surface area contributed by atoms with Gasteiger partial charge in [0, 0.05) is 11.6 Å². The largest absolute Gasteiger partial charge is 0.349 e. The Morgan fingerprint density at radius 1 is 1.55 bits per heavy atom. The van der Waals surface area contributed by atoms with Crippen molar-refractivity contribution >= 4 is 17.5 Å². The fourth-order valence-corrected chi connectivity index (χ4v) is 3.03. The van der Waals surface area contributed by atoms with Gasteiger partial charge in [0.15, 0.2) is 0 Å². The zero-order valence-electron chi connectivity index (χ0n) is 12.2. The summed E-state index contributed by atoms with van der Waals surface area (Å²) >= 11 is 6.01. The van der Waals surface area contributed by atoms with Gasteiger partial charge in [0.2, 0.25) is 5.91 Å². The molecule has 1 saturated heterocycles. The second-order valence-electron chi connectivity index (χ2n) is 5.66. The summed E-state index contributed by atoms with van der Waals surface area (Å²) in [6, 6.07) is 7.64. The summed E-state index contributed by atoms with van der Waals surface area (Å²) in [4.78, 5) is 12.6. The van der Waals surface area contributed by atoms with Crippen molar-refractivity contribution in [1.29, 1.82) is 0 Å². The summed E-state index contributed by atoms with van der Waals surface area (Å²) in [5.41, 5.74) is 0.784. The van der Waals surface area contributed by atoms with E-state index in [4.69, 9.17) is 11.6 Å². The van der Waals surface area contributed by atoms with Crippen molar-refractivity contribution < 1.29 is 4.79 Å². The molecule has 0 radical (unpaired) electrons. The van der Waals surface area contributed by atoms with Crippen molar-refractivity contribution in [3.63, 3.8) is 0 Å². The quantitative estimate of drug-likeness (QED) is 0.894. The smallest absolute Gasteiger partial charge is 0.227 e. The highest BCUT2D eigenvalue weighted by atomic mass is 35.5. The molecule has 1 aromatic carbocycles. The van der Waals surface area contributed by atoms with Crippen LogP contribution in [0.25, 0.3) is 0 Å². The minimum absolute atomic E-state index is 0.0217. The van der Waals surface area contributed by atoms with E-state index in [-0.39, 0.29) is 17.4 Å². The van der Waals surface area contributed by atoms with E-state index in [1.54, 1.807) is 0 Å². The molecule has 0 aromatic heterocycles. The van der Waals surface area contributed by atoms with E-state index in [2.05, 4.69) is 17.6 Å². The second kappa shape index (κ2) is 6.59. The molecule has 1 unspecified atom stereocenters. The zero-order valence-corrected chi connectivity index (χ0v) is 13.0. The van der Waals surface area contributed by atoms with Crippen LogP contribution in [0, 0.1) is 5.41 Å². The van der Waals surface area contributed by atoms with E-state index < -0.39 is 0 Å². The van der Waals surface area contributed by atoms with Crippen molar-refractivity contribution in [3.8, 4) is 0 Å². The molecule has 1 aliphatic rings. The number of carbonyl (C=O) groups excluding carboxylic acids is 1. The van der Waals surface area contributed by atoms with Crippen LogP contribution in [0.2, 0.25) is 5.02 Å². The third-order valence-corrected chi connectivity index (χ3v) is 4.56. The highest BCUT2D eigenvalue weighted by molar-refractivity contribution is 6.30. The first kappa shape index (κ1) is 15.3. The van der Waals surface area contributed by atoms with Crippen LogP contribution in [0.15, 0.2) is 24.3 Å². The van der Waals surface area contributed by atoms with Gasteiger partial charge in [-0.15, -0.1) is 0 Å². The lowest BCUT2D eigenvalue weighted by Crippen LogP contribution is -2.50. The molecule has 3 nitrogen and oxygen atoms in total. The number of carbonyl (C=O) groups is 1. The maximum absolute atomic E-state index is 12.6. The lowest BCUT2D eigenvalue weighted by Gasteiger charge is -2.36. The fraction of sp³-hybridized carbons (Fsp3) is 0.562. The zero-order chi connectivity index (χ0) is 14.6. The highest BCUT2D eigenvalue weighted by Gasteiger charge is 2.38. The Labute approximate surface area is 126 Å². The average molecular weight is 295 g/mol. The van der Waals surface area contributed by atoms with E-state index in [0.29, 0.717) is 5.02 Å². The van der Waals surface area contributed by atoms with Crippen molar-refractivity contribution in [2.45, 2.75) is 39.2 Å². The minimum Gasteiger partial charge on any atom is -0.349 e. The average Bonchev–Trinajstić information content (AvgIpc) is 2.47. The van der Waals surface area contributed by atoms with Crippen LogP contribution in [0.4, 0.5) is 0 Å². The Bertz CT molecular complexity index is 469. The number of hydrogen-bond acceptors (Lipinski definition) is 2. The molecule has 1 aliphatic heterocycles. The van der Waals surface area contributed by atoms with E-state index >= 15 is 0 Å². The molecule has 0 aliphatic carbocycles. The van der Waals surface area contributed by atoms with Gasteiger partial charge in [0.1, 0.15) is 0 Å². The summed E-state index contributed by atoms with van der Waals surface area (Å²) in [7, 11) is 0. The number of amides is 1. The molecule has 20 heavy (non-hydrogen) atoms. The first-order chi connectivity index (χ1) is 9.57. The monoisotopic (exact) mass is 294 g/mol. The number of piperidine rings is 1. The molecule has 2 N–H and O–H groups in total. The number of nitrogens with one attached hydrogen (secondary N) is 2. The maximum atomic E-state index is 12.6. The molecular weight excluding hydrogens is 272 g/mol. The van der Waals surface area contributed by atoms with E-state index in [1.807, 2.05) is 31.2 Å². The van der Waals surface area contributed by atoms with Crippen molar-refractivity contribution in [1.82, 2.24) is 10.6 Å². The molecule has 4 heteroatoms. The van der Waals surface area contributed by atoms with Gasteiger partial charge < -0.3 is 10.6 Å². The lowest BCUT2D eigenvalue weighted by atomic mass is 9.77. The molecule has 2 rings (SSSR count). The van der Waals surface area contributed by atoms with Crippen LogP contribution in [0.5, 0.6) is 0 Å². The van der Waals surface area contributed by atoms with Crippen LogP contribution in [0.3, 0.4) is 0 Å². The minimum atomic E-state index is -0.259. The van der Waals surface area contributed by atoms with Gasteiger partial charge in [-0.25, -0.2) is 0 Å². The van der Waals surface area contributed by atoms with Gasteiger partial charge in [0.25, 0.3) is 0 Å². The summed E-state index contributed by atoms with van der Waals surface area (Å²) in [6.07, 6.45) is 2.89. The Kier molecular flexibility index (Phi) is 5.06. The molecule has 0 spiro atoms. The van der Waals surface area contributed by atoms with Crippen LogP contribution in [-0.4, -0.2) is 19.0 Å². The standard InChI is InChI=1S/C16H23ClN2O/c1-3-16(8-5-9-18-11-16)15(20)19-12(2)13-6-4-7-14(17)10-13/h4,6-7,10,12,18H,3,5,8-9,11H2,1-2H3,(H,19,20)/t12-,16?/m1/s1. The highest BCUT2D eigenvalue weighted by Crippen LogP contribution is 2.31. The number of halogens is 1. The molecule has 1 amide bonds. The van der Waals surface area contributed by atoms with Crippen molar-refractivity contribution in [2.24, 2.45) is 5.41 Å². The Morgan fingerprint density at radius 2 is 2.35 bits per heavy atom. The van der Waals surface area contributed by atoms with Crippen LogP contribution >= 0.6 is 11.6 Å². The van der Waals surface area contributed by atoms with Gasteiger partial charge in [0.05, 0.1) is 11.5 Å². The van der Waals surface area contributed by atoms with Gasteiger partial charge in [-0.05, 0) is 50.4 Å². The van der Waals surface area contributed by atoms with E-state index in [1.165, 1.54) is 0 Å². The maximum Gasteiger partial charge on any atom is 0.227 e. The van der Waals surface area contributed by atoms with Crippen LogP contribution in [-0.2, 0) is 4.79 Å². The summed E-state index contributed by atoms with van der Waals surface area (Å²) in [5, 5.41) is 7.20. The Hall–Kier alpha value is -1.06. The first-order valence-corrected chi connectivity index (χ1v) is 7.72. The summed E-state index contributed by atoms with van der Waals surface area (Å²) < 4.78 is 0.